The number of hydrogen-bond acceptors (Lipinski definition) is 4. The van der Waals surface area contributed by atoms with Crippen LogP contribution in [0, 0.1) is 0 Å². The summed E-state index contributed by atoms with van der Waals surface area (Å²) in [6.07, 6.45) is 0. The lowest BCUT2D eigenvalue weighted by Crippen LogP contribution is -2.45. The molecule has 1 aromatic heterocycles. The summed E-state index contributed by atoms with van der Waals surface area (Å²) in [5.74, 6) is -0.717. The van der Waals surface area contributed by atoms with Gasteiger partial charge in [0.1, 0.15) is 6.04 Å². The number of rotatable bonds is 6. The molecule has 0 saturated carbocycles. The van der Waals surface area contributed by atoms with Gasteiger partial charge in [0.25, 0.3) is 5.91 Å². The Bertz CT molecular complexity index is 419. The molecule has 1 aromatic rings. The van der Waals surface area contributed by atoms with Crippen molar-refractivity contribution in [2.45, 2.75) is 13.0 Å². The van der Waals surface area contributed by atoms with Gasteiger partial charge in [-0.2, -0.15) is 0 Å². The molecule has 0 saturated heterocycles. The van der Waals surface area contributed by atoms with Gasteiger partial charge in [0.15, 0.2) is 11.0 Å². The Balaban J connectivity index is 2.41. The molecule has 0 bridgehead atoms. The molecule has 0 aliphatic rings. The van der Waals surface area contributed by atoms with Crippen molar-refractivity contribution in [2.75, 3.05) is 20.3 Å². The Morgan fingerprint density at radius 3 is 2.78 bits per heavy atom. The average Bonchev–Trinajstić information content (AvgIpc) is 2.76. The number of methoxy groups -OCH3 is 1. The van der Waals surface area contributed by atoms with E-state index in [-0.39, 0.29) is 16.9 Å². The second kappa shape index (κ2) is 7.03. The largest absolute Gasteiger partial charge is 0.440 e. The fourth-order valence-corrected chi connectivity index (χ4v) is 1.35. The predicted molar refractivity (Wildman–Crippen MR) is 65.5 cm³/mol. The summed E-state index contributed by atoms with van der Waals surface area (Å²) < 4.78 is 9.72. The van der Waals surface area contributed by atoms with Crippen molar-refractivity contribution in [3.63, 3.8) is 0 Å². The van der Waals surface area contributed by atoms with E-state index < -0.39 is 11.9 Å². The number of furan rings is 1. The molecule has 2 N–H and O–H groups in total. The lowest BCUT2D eigenvalue weighted by Gasteiger charge is -2.12. The van der Waals surface area contributed by atoms with Crippen LogP contribution in [0.15, 0.2) is 16.5 Å². The first kappa shape index (κ1) is 14.5. The molecule has 0 aliphatic carbocycles. The molecule has 2 amide bonds. The number of carbonyl (C=O) groups excluding carboxylic acids is 2. The quantitative estimate of drug-likeness (QED) is 0.753. The minimum Gasteiger partial charge on any atom is -0.440 e. The van der Waals surface area contributed by atoms with Gasteiger partial charge in [-0.15, -0.1) is 0 Å². The Labute approximate surface area is 110 Å². The van der Waals surface area contributed by atoms with E-state index in [2.05, 4.69) is 10.6 Å². The average molecular weight is 275 g/mol. The maximum atomic E-state index is 11.6. The Morgan fingerprint density at radius 2 is 2.22 bits per heavy atom. The van der Waals surface area contributed by atoms with Crippen molar-refractivity contribution in [2.24, 2.45) is 0 Å². The van der Waals surface area contributed by atoms with Crippen LogP contribution in [0.3, 0.4) is 0 Å². The topological polar surface area (TPSA) is 80.6 Å². The van der Waals surface area contributed by atoms with Crippen molar-refractivity contribution in [3.05, 3.63) is 23.1 Å². The summed E-state index contributed by atoms with van der Waals surface area (Å²) in [6, 6.07) is 2.23. The van der Waals surface area contributed by atoms with E-state index in [1.54, 1.807) is 6.92 Å². The molecule has 7 heteroatoms. The van der Waals surface area contributed by atoms with Crippen molar-refractivity contribution in [3.8, 4) is 0 Å². The van der Waals surface area contributed by atoms with Crippen LogP contribution in [0.2, 0.25) is 5.22 Å². The second-order valence-corrected chi connectivity index (χ2v) is 3.96. The summed E-state index contributed by atoms with van der Waals surface area (Å²) in [6.45, 7) is 2.38. The molecule has 0 aliphatic heterocycles. The second-order valence-electron chi connectivity index (χ2n) is 3.58. The smallest absolute Gasteiger partial charge is 0.287 e. The Morgan fingerprint density at radius 1 is 1.50 bits per heavy atom. The molecular formula is C11H15ClN2O4. The van der Waals surface area contributed by atoms with E-state index in [9.17, 15) is 9.59 Å². The van der Waals surface area contributed by atoms with E-state index >= 15 is 0 Å². The van der Waals surface area contributed by atoms with Crippen LogP contribution >= 0.6 is 11.6 Å². The summed E-state index contributed by atoms with van der Waals surface area (Å²) in [4.78, 5) is 23.2. The van der Waals surface area contributed by atoms with Gasteiger partial charge < -0.3 is 19.8 Å². The minimum atomic E-state index is -0.668. The molecule has 1 atom stereocenters. The molecule has 0 radical (unpaired) electrons. The Hall–Kier alpha value is -1.53. The molecular weight excluding hydrogens is 260 g/mol. The summed E-state index contributed by atoms with van der Waals surface area (Å²) in [5.41, 5.74) is 0. The van der Waals surface area contributed by atoms with E-state index in [1.807, 2.05) is 0 Å². The Kier molecular flexibility index (Phi) is 5.67. The number of nitrogens with one attached hydrogen (secondary N) is 2. The number of amides is 2. The first-order valence-electron chi connectivity index (χ1n) is 5.37. The SMILES string of the molecule is COCCNC(=O)C(C)NC(=O)c1ccc(Cl)o1. The third-order valence-electron chi connectivity index (χ3n) is 2.14. The molecule has 1 unspecified atom stereocenters. The molecule has 1 rings (SSSR count). The lowest BCUT2D eigenvalue weighted by molar-refractivity contribution is -0.122. The molecule has 1 heterocycles. The maximum absolute atomic E-state index is 11.6. The van der Waals surface area contributed by atoms with E-state index in [1.165, 1.54) is 19.2 Å². The van der Waals surface area contributed by atoms with Gasteiger partial charge in [0, 0.05) is 13.7 Å². The van der Waals surface area contributed by atoms with Crippen LogP contribution in [-0.4, -0.2) is 38.1 Å². The highest BCUT2D eigenvalue weighted by Gasteiger charge is 2.18. The maximum Gasteiger partial charge on any atom is 0.287 e. The van der Waals surface area contributed by atoms with Gasteiger partial charge in [0.05, 0.1) is 6.61 Å². The molecule has 0 spiro atoms. The molecule has 0 aromatic carbocycles. The summed E-state index contributed by atoms with van der Waals surface area (Å²) >= 11 is 5.55. The van der Waals surface area contributed by atoms with Gasteiger partial charge in [-0.05, 0) is 30.7 Å². The highest BCUT2D eigenvalue weighted by molar-refractivity contribution is 6.29. The number of hydrogen-bond donors (Lipinski definition) is 2. The van der Waals surface area contributed by atoms with Crippen LogP contribution in [0.4, 0.5) is 0 Å². The van der Waals surface area contributed by atoms with Crippen LogP contribution in [0.25, 0.3) is 0 Å². The number of halogens is 1. The first-order valence-corrected chi connectivity index (χ1v) is 5.75. The third-order valence-corrected chi connectivity index (χ3v) is 2.35. The van der Waals surface area contributed by atoms with Gasteiger partial charge in [0.2, 0.25) is 5.91 Å². The van der Waals surface area contributed by atoms with Crippen LogP contribution in [0.1, 0.15) is 17.5 Å². The molecule has 6 nitrogen and oxygen atoms in total. The predicted octanol–water partition coefficient (Wildman–Crippen LogP) is 0.814. The van der Waals surface area contributed by atoms with Crippen LogP contribution < -0.4 is 10.6 Å². The van der Waals surface area contributed by atoms with Crippen molar-refractivity contribution < 1.29 is 18.7 Å². The van der Waals surface area contributed by atoms with Gasteiger partial charge in [-0.3, -0.25) is 9.59 Å². The standard InChI is InChI=1S/C11H15ClN2O4/c1-7(10(15)13-5-6-17-2)14-11(16)8-3-4-9(12)18-8/h3-4,7H,5-6H2,1-2H3,(H,13,15)(H,14,16). The van der Waals surface area contributed by atoms with Crippen molar-refractivity contribution >= 4 is 23.4 Å². The van der Waals surface area contributed by atoms with Gasteiger partial charge in [-0.25, -0.2) is 0 Å². The van der Waals surface area contributed by atoms with E-state index in [0.717, 1.165) is 0 Å². The molecule has 0 fully saturated rings. The molecule has 18 heavy (non-hydrogen) atoms. The normalized spacial score (nSPS) is 11.9. The fourth-order valence-electron chi connectivity index (χ4n) is 1.20. The van der Waals surface area contributed by atoms with Crippen molar-refractivity contribution in [1.82, 2.24) is 10.6 Å². The zero-order valence-electron chi connectivity index (χ0n) is 10.2. The van der Waals surface area contributed by atoms with Gasteiger partial charge in [-0.1, -0.05) is 0 Å². The van der Waals surface area contributed by atoms with Gasteiger partial charge >= 0.3 is 0 Å². The van der Waals surface area contributed by atoms with E-state index in [4.69, 9.17) is 20.8 Å². The zero-order chi connectivity index (χ0) is 13.5. The van der Waals surface area contributed by atoms with E-state index in [0.29, 0.717) is 13.2 Å². The van der Waals surface area contributed by atoms with Crippen LogP contribution in [0.5, 0.6) is 0 Å². The first-order chi connectivity index (χ1) is 8.54. The third kappa shape index (κ3) is 4.38. The molecule has 100 valence electrons. The lowest BCUT2D eigenvalue weighted by atomic mass is 10.3. The number of ether oxygens (including phenoxy) is 1. The highest BCUT2D eigenvalue weighted by atomic mass is 35.5. The summed E-state index contributed by atoms with van der Waals surface area (Å²) in [5, 5.41) is 5.22. The fraction of sp³-hybridized carbons (Fsp3) is 0.455. The van der Waals surface area contributed by atoms with Crippen LogP contribution in [-0.2, 0) is 9.53 Å². The number of carbonyl (C=O) groups is 2. The van der Waals surface area contributed by atoms with Crippen molar-refractivity contribution in [1.29, 1.82) is 0 Å². The highest BCUT2D eigenvalue weighted by Crippen LogP contribution is 2.12. The monoisotopic (exact) mass is 274 g/mol. The minimum absolute atomic E-state index is 0.0662. The zero-order valence-corrected chi connectivity index (χ0v) is 10.9. The summed E-state index contributed by atoms with van der Waals surface area (Å²) in [7, 11) is 1.54.